The third kappa shape index (κ3) is 3.75. The molecule has 4 heteroatoms. The van der Waals surface area contributed by atoms with Gasteiger partial charge >= 0.3 is 5.97 Å². The van der Waals surface area contributed by atoms with Gasteiger partial charge in [-0.25, -0.2) is 0 Å². The van der Waals surface area contributed by atoms with E-state index in [-0.39, 0.29) is 35.5 Å². The summed E-state index contributed by atoms with van der Waals surface area (Å²) in [4.78, 5) is 12.6. The lowest BCUT2D eigenvalue weighted by atomic mass is 9.88. The summed E-state index contributed by atoms with van der Waals surface area (Å²) in [6, 6.07) is 10.6. The molecule has 1 aromatic carbocycles. The summed E-state index contributed by atoms with van der Waals surface area (Å²) in [5.41, 5.74) is 6.74. The number of carbonyl (C=O) groups excluding carboxylic acids is 1. The molecule has 1 aromatic rings. The van der Waals surface area contributed by atoms with Crippen LogP contribution in [0.15, 0.2) is 30.3 Å². The Morgan fingerprint density at radius 1 is 1.12 bits per heavy atom. The van der Waals surface area contributed by atoms with Gasteiger partial charge in [0, 0.05) is 11.6 Å². The maximum Gasteiger partial charge on any atom is 0.309 e. The van der Waals surface area contributed by atoms with E-state index >= 15 is 0 Å². The molecule has 3 nitrogen and oxygen atoms in total. The van der Waals surface area contributed by atoms with Crippen molar-refractivity contribution in [1.29, 1.82) is 0 Å². The van der Waals surface area contributed by atoms with E-state index in [0.717, 1.165) is 6.42 Å². The van der Waals surface area contributed by atoms with E-state index in [1.807, 2.05) is 6.07 Å². The zero-order valence-corrected chi connectivity index (χ0v) is 17.0. The molecule has 2 rings (SSSR count). The highest BCUT2D eigenvalue weighted by molar-refractivity contribution is 6.91. The van der Waals surface area contributed by atoms with Crippen molar-refractivity contribution in [3.63, 3.8) is 0 Å². The van der Waals surface area contributed by atoms with Gasteiger partial charge in [-0.3, -0.25) is 4.79 Å². The minimum Gasteiger partial charge on any atom is -0.460 e. The van der Waals surface area contributed by atoms with E-state index in [9.17, 15) is 4.79 Å². The predicted octanol–water partition coefficient (Wildman–Crippen LogP) is 3.54. The minimum absolute atomic E-state index is 0.0456. The quantitative estimate of drug-likeness (QED) is 0.632. The number of nitrogens with two attached hydrogens (primary N) is 1. The summed E-state index contributed by atoms with van der Waals surface area (Å²) in [6.45, 7) is 13.3. The van der Waals surface area contributed by atoms with Gasteiger partial charge in [0.2, 0.25) is 0 Å². The van der Waals surface area contributed by atoms with E-state index in [1.54, 1.807) is 0 Å². The van der Waals surface area contributed by atoms with Crippen LogP contribution in [0.25, 0.3) is 0 Å². The molecule has 0 spiro atoms. The molecule has 0 unspecified atom stereocenters. The van der Waals surface area contributed by atoms with Gasteiger partial charge in [-0.1, -0.05) is 76.3 Å². The van der Waals surface area contributed by atoms with Crippen molar-refractivity contribution in [2.45, 2.75) is 64.9 Å². The van der Waals surface area contributed by atoms with E-state index < -0.39 is 8.07 Å². The van der Waals surface area contributed by atoms with Gasteiger partial charge in [-0.2, -0.15) is 0 Å². The molecule has 4 atom stereocenters. The van der Waals surface area contributed by atoms with Crippen LogP contribution in [0, 0.1) is 17.8 Å². The largest absolute Gasteiger partial charge is 0.460 e. The summed E-state index contributed by atoms with van der Waals surface area (Å²) < 4.78 is 5.89. The minimum atomic E-state index is -1.92. The van der Waals surface area contributed by atoms with Gasteiger partial charge in [0.25, 0.3) is 0 Å². The summed E-state index contributed by atoms with van der Waals surface area (Å²) in [6.07, 6.45) is 0.729. The Kier molecular flexibility index (Phi) is 5.92. The van der Waals surface area contributed by atoms with E-state index in [1.165, 1.54) is 5.19 Å². The first kappa shape index (κ1) is 19.2. The van der Waals surface area contributed by atoms with Gasteiger partial charge < -0.3 is 10.5 Å². The fourth-order valence-corrected chi connectivity index (χ4v) is 8.27. The van der Waals surface area contributed by atoms with Crippen molar-refractivity contribution >= 4 is 19.2 Å². The first-order valence-corrected chi connectivity index (χ1v) is 12.3. The fraction of sp³-hybridized carbons (Fsp3) is 0.650. The average molecular weight is 348 g/mol. The van der Waals surface area contributed by atoms with Crippen LogP contribution >= 0.6 is 0 Å². The number of benzene rings is 1. The van der Waals surface area contributed by atoms with Crippen molar-refractivity contribution in [3.8, 4) is 0 Å². The molecular weight excluding hydrogens is 314 g/mol. The monoisotopic (exact) mass is 347 g/mol. The molecule has 0 amide bonds. The van der Waals surface area contributed by atoms with Gasteiger partial charge in [-0.15, -0.1) is 0 Å². The van der Waals surface area contributed by atoms with Crippen LogP contribution in [0.5, 0.6) is 0 Å². The number of esters is 1. The molecule has 0 aromatic heterocycles. The highest BCUT2D eigenvalue weighted by Crippen LogP contribution is 2.46. The van der Waals surface area contributed by atoms with E-state index in [4.69, 9.17) is 10.5 Å². The Hall–Kier alpha value is -1.13. The fourth-order valence-electron chi connectivity index (χ4n) is 4.28. The first-order valence-electron chi connectivity index (χ1n) is 9.17. The third-order valence-corrected chi connectivity index (χ3v) is 9.68. The Morgan fingerprint density at radius 2 is 1.71 bits per heavy atom. The number of hydrogen-bond donors (Lipinski definition) is 1. The highest BCUT2D eigenvalue weighted by Gasteiger charge is 2.55. The van der Waals surface area contributed by atoms with Gasteiger partial charge in [0.15, 0.2) is 0 Å². The third-order valence-electron chi connectivity index (χ3n) is 5.50. The number of rotatable bonds is 6. The molecule has 0 bridgehead atoms. The van der Waals surface area contributed by atoms with Crippen LogP contribution in [0.1, 0.15) is 34.1 Å². The maximum absolute atomic E-state index is 12.6. The highest BCUT2D eigenvalue weighted by atomic mass is 28.3. The Labute approximate surface area is 148 Å². The molecule has 1 fully saturated rings. The van der Waals surface area contributed by atoms with Gasteiger partial charge in [0.1, 0.15) is 6.10 Å². The summed E-state index contributed by atoms with van der Waals surface area (Å²) >= 11 is 0. The maximum atomic E-state index is 12.6. The van der Waals surface area contributed by atoms with E-state index in [2.05, 4.69) is 65.1 Å². The average Bonchev–Trinajstić information content (AvgIpc) is 2.86. The molecule has 134 valence electrons. The Balaban J connectivity index is 2.43. The number of ether oxygens (including phenoxy) is 1. The Morgan fingerprint density at radius 3 is 2.21 bits per heavy atom. The second-order valence-electron chi connectivity index (χ2n) is 8.58. The number of carbonyl (C=O) groups is 1. The second kappa shape index (κ2) is 7.40. The lowest BCUT2D eigenvalue weighted by molar-refractivity contribution is -0.145. The first-order chi connectivity index (χ1) is 11.2. The summed E-state index contributed by atoms with van der Waals surface area (Å²) in [7, 11) is -1.92. The zero-order valence-electron chi connectivity index (χ0n) is 16.0. The standard InChI is InChI=1S/C20H33NO2Si/c1-13(2)12-16(21)18-19(17(14(3)4)20(22)23-18)24(5,6)15-10-8-7-9-11-15/h7-11,13-14,16-19H,12,21H2,1-6H3/t16-,17+,18-,19+/m0/s1. The van der Waals surface area contributed by atoms with Crippen LogP contribution in [-0.2, 0) is 9.53 Å². The van der Waals surface area contributed by atoms with Gasteiger partial charge in [0.05, 0.1) is 14.0 Å². The van der Waals surface area contributed by atoms with Crippen LogP contribution in [0.3, 0.4) is 0 Å². The molecule has 24 heavy (non-hydrogen) atoms. The molecule has 0 radical (unpaired) electrons. The number of cyclic esters (lactones) is 1. The molecule has 1 aliphatic rings. The van der Waals surface area contributed by atoms with Gasteiger partial charge in [-0.05, 0) is 18.3 Å². The molecule has 1 saturated heterocycles. The predicted molar refractivity (Wildman–Crippen MR) is 103 cm³/mol. The second-order valence-corrected chi connectivity index (χ2v) is 13.3. The van der Waals surface area contributed by atoms with Crippen molar-refractivity contribution in [3.05, 3.63) is 30.3 Å². The molecular formula is C20H33NO2Si. The normalized spacial score (nSPS) is 26.0. The van der Waals surface area contributed by atoms with Crippen LogP contribution in [-0.4, -0.2) is 26.2 Å². The van der Waals surface area contributed by atoms with Crippen molar-refractivity contribution in [2.24, 2.45) is 23.5 Å². The molecule has 0 saturated carbocycles. The van der Waals surface area contributed by atoms with Crippen molar-refractivity contribution < 1.29 is 9.53 Å². The lowest BCUT2D eigenvalue weighted by Gasteiger charge is -2.38. The van der Waals surface area contributed by atoms with Crippen LogP contribution < -0.4 is 10.9 Å². The van der Waals surface area contributed by atoms with Crippen LogP contribution in [0.2, 0.25) is 18.6 Å². The lowest BCUT2D eigenvalue weighted by Crippen LogP contribution is -2.54. The Bertz CT molecular complexity index is 556. The van der Waals surface area contributed by atoms with E-state index in [0.29, 0.717) is 5.92 Å². The number of hydrogen-bond acceptors (Lipinski definition) is 3. The molecule has 1 heterocycles. The summed E-state index contributed by atoms with van der Waals surface area (Å²) in [5, 5.41) is 1.38. The SMILES string of the molecule is CC(C)C[C@H](N)[C@@H]1OC(=O)[C@H](C(C)C)[C@H]1[Si](C)(C)c1ccccc1. The topological polar surface area (TPSA) is 52.3 Å². The molecule has 2 N–H and O–H groups in total. The zero-order chi connectivity index (χ0) is 18.1. The van der Waals surface area contributed by atoms with Crippen LogP contribution in [0.4, 0.5) is 0 Å². The molecule has 1 aliphatic heterocycles. The molecule has 0 aliphatic carbocycles. The van der Waals surface area contributed by atoms with Crippen molar-refractivity contribution in [2.75, 3.05) is 0 Å². The summed E-state index contributed by atoms with van der Waals surface area (Å²) in [5.74, 6) is 0.680. The smallest absolute Gasteiger partial charge is 0.309 e. The van der Waals surface area contributed by atoms with Crippen molar-refractivity contribution in [1.82, 2.24) is 0 Å².